The van der Waals surface area contributed by atoms with Gasteiger partial charge in [0.2, 0.25) is 11.1 Å². The first-order chi connectivity index (χ1) is 11.2. The van der Waals surface area contributed by atoms with Crippen molar-refractivity contribution in [1.29, 1.82) is 0 Å². The summed E-state index contributed by atoms with van der Waals surface area (Å²) in [5.74, 6) is 1.04. The predicted octanol–water partition coefficient (Wildman–Crippen LogP) is 3.50. The molecular weight excluding hydrogens is 328 g/mol. The third-order valence-corrected chi connectivity index (χ3v) is 4.91. The third-order valence-electron chi connectivity index (χ3n) is 3.18. The summed E-state index contributed by atoms with van der Waals surface area (Å²) >= 11 is 3.01. The van der Waals surface area contributed by atoms with Gasteiger partial charge in [0.1, 0.15) is 5.82 Å². The van der Waals surface area contributed by atoms with Crippen LogP contribution in [0.5, 0.6) is 0 Å². The molecule has 1 amide bonds. The lowest BCUT2D eigenvalue weighted by molar-refractivity contribution is -0.113. The Morgan fingerprint density at radius 2 is 2.17 bits per heavy atom. The van der Waals surface area contributed by atoms with Crippen LogP contribution in [0.25, 0.3) is 0 Å². The topological polar surface area (TPSA) is 70.7 Å². The van der Waals surface area contributed by atoms with Gasteiger partial charge in [0.25, 0.3) is 0 Å². The molecule has 23 heavy (non-hydrogen) atoms. The van der Waals surface area contributed by atoms with Crippen molar-refractivity contribution in [1.82, 2.24) is 15.2 Å². The summed E-state index contributed by atoms with van der Waals surface area (Å²) in [6.45, 7) is 1.97. The SMILES string of the molecule is Cc1ccccc1NC(=O)CSc1n[nH]c(Cc2cccs2)n1. The first-order valence-electron chi connectivity index (χ1n) is 7.12. The Hall–Kier alpha value is -2.12. The fourth-order valence-corrected chi connectivity index (χ4v) is 3.36. The van der Waals surface area contributed by atoms with Crippen LogP contribution in [0.3, 0.4) is 0 Å². The van der Waals surface area contributed by atoms with E-state index in [1.807, 2.05) is 42.6 Å². The highest BCUT2D eigenvalue weighted by molar-refractivity contribution is 7.99. The number of aromatic nitrogens is 3. The van der Waals surface area contributed by atoms with Crippen LogP contribution in [0.1, 0.15) is 16.3 Å². The summed E-state index contributed by atoms with van der Waals surface area (Å²) in [7, 11) is 0. The molecular formula is C16H16N4OS2. The van der Waals surface area contributed by atoms with Crippen molar-refractivity contribution in [3.63, 3.8) is 0 Å². The van der Waals surface area contributed by atoms with Crippen molar-refractivity contribution in [2.24, 2.45) is 0 Å². The van der Waals surface area contributed by atoms with E-state index in [-0.39, 0.29) is 11.7 Å². The van der Waals surface area contributed by atoms with Crippen LogP contribution in [0.4, 0.5) is 5.69 Å². The zero-order chi connectivity index (χ0) is 16.1. The fourth-order valence-electron chi connectivity index (χ4n) is 2.03. The molecule has 118 valence electrons. The first-order valence-corrected chi connectivity index (χ1v) is 8.99. The van der Waals surface area contributed by atoms with Gasteiger partial charge in [0, 0.05) is 17.0 Å². The average molecular weight is 344 g/mol. The number of benzene rings is 1. The second-order valence-corrected chi connectivity index (χ2v) is 6.95. The molecule has 0 fully saturated rings. The van der Waals surface area contributed by atoms with Crippen LogP contribution in [-0.2, 0) is 11.2 Å². The Kier molecular flexibility index (Phi) is 5.09. The van der Waals surface area contributed by atoms with E-state index >= 15 is 0 Å². The lowest BCUT2D eigenvalue weighted by atomic mass is 10.2. The lowest BCUT2D eigenvalue weighted by Crippen LogP contribution is -2.14. The minimum atomic E-state index is -0.0612. The van der Waals surface area contributed by atoms with E-state index < -0.39 is 0 Å². The molecule has 0 saturated heterocycles. The van der Waals surface area contributed by atoms with Gasteiger partial charge >= 0.3 is 0 Å². The van der Waals surface area contributed by atoms with E-state index in [4.69, 9.17) is 0 Å². The normalized spacial score (nSPS) is 10.7. The molecule has 5 nitrogen and oxygen atoms in total. The fraction of sp³-hybridized carbons (Fsp3) is 0.188. The van der Waals surface area contributed by atoms with Gasteiger partial charge in [-0.25, -0.2) is 4.98 Å². The highest BCUT2D eigenvalue weighted by Crippen LogP contribution is 2.18. The molecule has 0 aliphatic carbocycles. The van der Waals surface area contributed by atoms with Gasteiger partial charge in [0.05, 0.1) is 5.75 Å². The molecule has 2 heterocycles. The van der Waals surface area contributed by atoms with Gasteiger partial charge in [0.15, 0.2) is 0 Å². The van der Waals surface area contributed by atoms with Crippen LogP contribution >= 0.6 is 23.1 Å². The number of anilines is 1. The molecule has 0 atom stereocenters. The summed E-state index contributed by atoms with van der Waals surface area (Å²) in [4.78, 5) is 17.6. The zero-order valence-electron chi connectivity index (χ0n) is 12.6. The molecule has 0 spiro atoms. The van der Waals surface area contributed by atoms with Crippen LogP contribution in [-0.4, -0.2) is 26.8 Å². The van der Waals surface area contributed by atoms with E-state index in [0.717, 1.165) is 23.5 Å². The maximum atomic E-state index is 12.0. The number of rotatable bonds is 6. The standard InChI is InChI=1S/C16H16N4OS2/c1-11-5-2-3-7-13(11)17-15(21)10-23-16-18-14(19-20-16)9-12-6-4-8-22-12/h2-8H,9-10H2,1H3,(H,17,21)(H,18,19,20). The number of aryl methyl sites for hydroxylation is 1. The average Bonchev–Trinajstić information content (AvgIpc) is 3.20. The van der Waals surface area contributed by atoms with Crippen molar-refractivity contribution < 1.29 is 4.79 Å². The second kappa shape index (κ2) is 7.43. The Morgan fingerprint density at radius 3 is 2.96 bits per heavy atom. The number of nitrogens with one attached hydrogen (secondary N) is 2. The summed E-state index contributed by atoms with van der Waals surface area (Å²) in [5.41, 5.74) is 1.88. The lowest BCUT2D eigenvalue weighted by Gasteiger charge is -2.06. The van der Waals surface area contributed by atoms with Crippen molar-refractivity contribution in [2.45, 2.75) is 18.5 Å². The van der Waals surface area contributed by atoms with Gasteiger partial charge in [-0.2, -0.15) is 0 Å². The largest absolute Gasteiger partial charge is 0.325 e. The number of carbonyl (C=O) groups is 1. The molecule has 0 bridgehead atoms. The quantitative estimate of drug-likeness (QED) is 0.672. The highest BCUT2D eigenvalue weighted by Gasteiger charge is 2.09. The summed E-state index contributed by atoms with van der Waals surface area (Å²) in [5, 5.41) is 12.6. The second-order valence-electron chi connectivity index (χ2n) is 4.97. The number of amides is 1. The van der Waals surface area contributed by atoms with Crippen molar-refractivity contribution in [2.75, 3.05) is 11.1 Å². The summed E-state index contributed by atoms with van der Waals surface area (Å²) in [6, 6.07) is 11.8. The Bertz CT molecular complexity index is 783. The number of aromatic amines is 1. The van der Waals surface area contributed by atoms with Gasteiger partial charge in [-0.15, -0.1) is 16.4 Å². The van der Waals surface area contributed by atoms with E-state index in [9.17, 15) is 4.79 Å². The van der Waals surface area contributed by atoms with E-state index in [1.165, 1.54) is 16.6 Å². The molecule has 2 N–H and O–H groups in total. The van der Waals surface area contributed by atoms with Crippen molar-refractivity contribution >= 4 is 34.7 Å². The Morgan fingerprint density at radius 1 is 1.30 bits per heavy atom. The van der Waals surface area contributed by atoms with Gasteiger partial charge in [-0.05, 0) is 30.0 Å². The van der Waals surface area contributed by atoms with E-state index in [0.29, 0.717) is 5.16 Å². The number of thiophene rings is 1. The van der Waals surface area contributed by atoms with Crippen LogP contribution in [0, 0.1) is 6.92 Å². The number of hydrogen-bond acceptors (Lipinski definition) is 5. The highest BCUT2D eigenvalue weighted by atomic mass is 32.2. The van der Waals surface area contributed by atoms with Crippen LogP contribution in [0.2, 0.25) is 0 Å². The number of thioether (sulfide) groups is 1. The summed E-state index contributed by atoms with van der Waals surface area (Å²) in [6.07, 6.45) is 0.737. The maximum Gasteiger partial charge on any atom is 0.234 e. The Balaban J connectivity index is 1.51. The molecule has 3 aromatic rings. The smallest absolute Gasteiger partial charge is 0.234 e. The molecule has 7 heteroatoms. The molecule has 0 aliphatic heterocycles. The summed E-state index contributed by atoms with van der Waals surface area (Å²) < 4.78 is 0. The van der Waals surface area contributed by atoms with E-state index in [1.54, 1.807) is 11.3 Å². The number of nitrogens with zero attached hydrogens (tertiary/aromatic N) is 2. The zero-order valence-corrected chi connectivity index (χ0v) is 14.2. The van der Waals surface area contributed by atoms with Gasteiger partial charge < -0.3 is 5.32 Å². The molecule has 0 radical (unpaired) electrons. The first kappa shape index (κ1) is 15.8. The molecule has 0 aliphatic rings. The van der Waals surface area contributed by atoms with Crippen LogP contribution in [0.15, 0.2) is 46.9 Å². The maximum absolute atomic E-state index is 12.0. The minimum absolute atomic E-state index is 0.0612. The third kappa shape index (κ3) is 4.43. The predicted molar refractivity (Wildman–Crippen MR) is 94.0 cm³/mol. The van der Waals surface area contributed by atoms with Gasteiger partial charge in [-0.1, -0.05) is 36.0 Å². The molecule has 0 saturated carbocycles. The van der Waals surface area contributed by atoms with Crippen LogP contribution < -0.4 is 5.32 Å². The van der Waals surface area contributed by atoms with Gasteiger partial charge in [-0.3, -0.25) is 9.89 Å². The molecule has 0 unspecified atom stereocenters. The number of carbonyl (C=O) groups excluding carboxylic acids is 1. The molecule has 3 rings (SSSR count). The Labute approximate surface area is 142 Å². The van der Waals surface area contributed by atoms with E-state index in [2.05, 4.69) is 26.6 Å². The monoisotopic (exact) mass is 344 g/mol. The molecule has 2 aromatic heterocycles. The number of para-hydroxylation sites is 1. The number of H-pyrrole nitrogens is 1. The van der Waals surface area contributed by atoms with Crippen molar-refractivity contribution in [3.8, 4) is 0 Å². The number of hydrogen-bond donors (Lipinski definition) is 2. The van der Waals surface area contributed by atoms with Crippen molar-refractivity contribution in [3.05, 3.63) is 58.0 Å². The minimum Gasteiger partial charge on any atom is -0.325 e. The molecule has 1 aromatic carbocycles.